The Labute approximate surface area is 107 Å². The SMILES string of the molecule is CC1(C)C(C(=O)O)C1c1nc(-c2cncs2)no1. The van der Waals surface area contributed by atoms with Crippen molar-refractivity contribution in [1.82, 2.24) is 15.1 Å². The van der Waals surface area contributed by atoms with Crippen LogP contribution in [0.4, 0.5) is 0 Å². The molecular weight excluding hydrogens is 254 g/mol. The van der Waals surface area contributed by atoms with Crippen molar-refractivity contribution in [2.75, 3.05) is 0 Å². The predicted molar refractivity (Wildman–Crippen MR) is 63.1 cm³/mol. The van der Waals surface area contributed by atoms with Crippen LogP contribution in [-0.2, 0) is 4.79 Å². The molecule has 0 saturated heterocycles. The molecule has 2 heterocycles. The van der Waals surface area contributed by atoms with Gasteiger partial charge in [-0.25, -0.2) is 0 Å². The molecule has 2 aromatic heterocycles. The van der Waals surface area contributed by atoms with E-state index in [2.05, 4.69) is 15.1 Å². The topological polar surface area (TPSA) is 89.1 Å². The van der Waals surface area contributed by atoms with Gasteiger partial charge in [-0.15, -0.1) is 11.3 Å². The summed E-state index contributed by atoms with van der Waals surface area (Å²) in [5.74, 6) is -0.603. The van der Waals surface area contributed by atoms with Gasteiger partial charge < -0.3 is 9.63 Å². The summed E-state index contributed by atoms with van der Waals surface area (Å²) in [7, 11) is 0. The normalized spacial score (nSPS) is 25.0. The second-order valence-corrected chi connectivity index (χ2v) is 5.82. The molecule has 1 fully saturated rings. The van der Waals surface area contributed by atoms with E-state index in [0.717, 1.165) is 4.88 Å². The molecule has 1 aliphatic carbocycles. The number of nitrogens with zero attached hydrogens (tertiary/aromatic N) is 3. The summed E-state index contributed by atoms with van der Waals surface area (Å²) in [6.07, 6.45) is 1.66. The Morgan fingerprint density at radius 2 is 2.33 bits per heavy atom. The Balaban J connectivity index is 1.90. The zero-order valence-corrected chi connectivity index (χ0v) is 10.6. The van der Waals surface area contributed by atoms with Crippen molar-refractivity contribution in [2.24, 2.45) is 11.3 Å². The van der Waals surface area contributed by atoms with Gasteiger partial charge in [0.25, 0.3) is 0 Å². The number of carboxylic acid groups (broad SMARTS) is 1. The highest BCUT2D eigenvalue weighted by molar-refractivity contribution is 7.13. The molecular formula is C11H11N3O3S. The molecule has 0 radical (unpaired) electrons. The summed E-state index contributed by atoms with van der Waals surface area (Å²) in [6, 6.07) is 0. The molecule has 18 heavy (non-hydrogen) atoms. The van der Waals surface area contributed by atoms with E-state index in [-0.39, 0.29) is 11.3 Å². The van der Waals surface area contributed by atoms with Crippen molar-refractivity contribution in [3.8, 4) is 10.7 Å². The largest absolute Gasteiger partial charge is 0.481 e. The molecule has 2 aromatic rings. The third kappa shape index (κ3) is 1.54. The number of aliphatic carboxylic acids is 1. The molecule has 1 N–H and O–H groups in total. The van der Waals surface area contributed by atoms with Crippen LogP contribution in [0.2, 0.25) is 0 Å². The van der Waals surface area contributed by atoms with E-state index in [1.807, 2.05) is 13.8 Å². The first kappa shape index (κ1) is 11.3. The van der Waals surface area contributed by atoms with Crippen molar-refractivity contribution < 1.29 is 14.4 Å². The lowest BCUT2D eigenvalue weighted by Gasteiger charge is -1.96. The fourth-order valence-electron chi connectivity index (χ4n) is 2.35. The lowest BCUT2D eigenvalue weighted by atomic mass is 10.1. The average molecular weight is 265 g/mol. The maximum absolute atomic E-state index is 11.1. The van der Waals surface area contributed by atoms with Crippen molar-refractivity contribution in [2.45, 2.75) is 19.8 Å². The quantitative estimate of drug-likeness (QED) is 0.913. The third-order valence-corrected chi connectivity index (χ3v) is 4.22. The average Bonchev–Trinajstić information content (AvgIpc) is 2.80. The van der Waals surface area contributed by atoms with Gasteiger partial charge in [0, 0.05) is 6.20 Å². The van der Waals surface area contributed by atoms with Gasteiger partial charge in [-0.1, -0.05) is 19.0 Å². The highest BCUT2D eigenvalue weighted by atomic mass is 32.1. The first-order valence-corrected chi connectivity index (χ1v) is 6.35. The van der Waals surface area contributed by atoms with Gasteiger partial charge in [-0.2, -0.15) is 4.98 Å². The molecule has 0 amide bonds. The minimum absolute atomic E-state index is 0.204. The number of rotatable bonds is 3. The molecule has 1 aliphatic rings. The Bertz CT molecular complexity index is 590. The van der Waals surface area contributed by atoms with E-state index >= 15 is 0 Å². The lowest BCUT2D eigenvalue weighted by molar-refractivity contribution is -0.139. The van der Waals surface area contributed by atoms with Crippen LogP contribution in [0.1, 0.15) is 25.7 Å². The van der Waals surface area contributed by atoms with Crippen molar-refractivity contribution in [3.05, 3.63) is 17.6 Å². The van der Waals surface area contributed by atoms with Gasteiger partial charge >= 0.3 is 5.97 Å². The van der Waals surface area contributed by atoms with E-state index in [4.69, 9.17) is 9.63 Å². The number of carbonyl (C=O) groups is 1. The third-order valence-electron chi connectivity index (χ3n) is 3.45. The zero-order chi connectivity index (χ0) is 12.9. The lowest BCUT2D eigenvalue weighted by Crippen LogP contribution is -2.03. The minimum atomic E-state index is -0.817. The monoisotopic (exact) mass is 265 g/mol. The first-order valence-electron chi connectivity index (χ1n) is 5.47. The fourth-order valence-corrected chi connectivity index (χ4v) is 2.89. The smallest absolute Gasteiger partial charge is 0.307 e. The number of carboxylic acids is 1. The van der Waals surface area contributed by atoms with Crippen LogP contribution >= 0.6 is 11.3 Å². The second-order valence-electron chi connectivity index (χ2n) is 4.94. The Hall–Kier alpha value is -1.76. The number of hydrogen-bond acceptors (Lipinski definition) is 6. The van der Waals surface area contributed by atoms with E-state index in [1.165, 1.54) is 11.3 Å². The van der Waals surface area contributed by atoms with Crippen molar-refractivity contribution >= 4 is 17.3 Å². The van der Waals surface area contributed by atoms with Crippen LogP contribution < -0.4 is 0 Å². The Morgan fingerprint density at radius 3 is 2.89 bits per heavy atom. The van der Waals surface area contributed by atoms with Crippen molar-refractivity contribution in [3.63, 3.8) is 0 Å². The summed E-state index contributed by atoms with van der Waals surface area (Å²) in [6.45, 7) is 3.79. The molecule has 0 bridgehead atoms. The first-order chi connectivity index (χ1) is 8.51. The van der Waals surface area contributed by atoms with Crippen LogP contribution in [0.15, 0.2) is 16.2 Å². The van der Waals surface area contributed by atoms with E-state index < -0.39 is 11.9 Å². The zero-order valence-electron chi connectivity index (χ0n) is 9.82. The molecule has 0 aliphatic heterocycles. The van der Waals surface area contributed by atoms with Crippen LogP contribution in [-0.4, -0.2) is 26.2 Å². The second kappa shape index (κ2) is 3.61. The standard InChI is InChI=1S/C11H11N3O3S/c1-11(2)6(7(11)10(15)16)9-13-8(14-17-9)5-3-12-4-18-5/h3-4,6-7H,1-2H3,(H,15,16). The maximum Gasteiger partial charge on any atom is 0.307 e. The summed E-state index contributed by atoms with van der Waals surface area (Å²) < 4.78 is 5.18. The van der Waals surface area contributed by atoms with E-state index in [9.17, 15) is 4.79 Å². The van der Waals surface area contributed by atoms with Crippen LogP contribution in [0.5, 0.6) is 0 Å². The van der Waals surface area contributed by atoms with Crippen LogP contribution in [0.25, 0.3) is 10.7 Å². The van der Waals surface area contributed by atoms with Crippen LogP contribution in [0.3, 0.4) is 0 Å². The van der Waals surface area contributed by atoms with Gasteiger partial charge in [-0.05, 0) is 5.41 Å². The number of aromatic nitrogens is 3. The summed E-state index contributed by atoms with van der Waals surface area (Å²) in [5, 5.41) is 13.0. The van der Waals surface area contributed by atoms with Gasteiger partial charge in [0.15, 0.2) is 0 Å². The van der Waals surface area contributed by atoms with Crippen molar-refractivity contribution in [1.29, 1.82) is 0 Å². The maximum atomic E-state index is 11.1. The van der Waals surface area contributed by atoms with Gasteiger partial charge in [0.2, 0.25) is 11.7 Å². The summed E-state index contributed by atoms with van der Waals surface area (Å²) in [4.78, 5) is 20.1. The van der Waals surface area contributed by atoms with Crippen LogP contribution in [0, 0.1) is 11.3 Å². The molecule has 94 valence electrons. The molecule has 0 spiro atoms. The molecule has 6 nitrogen and oxygen atoms in total. The summed E-state index contributed by atoms with van der Waals surface area (Å²) in [5.41, 5.74) is 1.36. The molecule has 7 heteroatoms. The molecule has 2 unspecified atom stereocenters. The van der Waals surface area contributed by atoms with E-state index in [0.29, 0.717) is 11.7 Å². The fraction of sp³-hybridized carbons (Fsp3) is 0.455. The predicted octanol–water partition coefficient (Wildman–Crippen LogP) is 2.02. The Kier molecular flexibility index (Phi) is 2.28. The molecule has 3 rings (SSSR count). The highest BCUT2D eigenvalue weighted by Gasteiger charge is 2.65. The summed E-state index contributed by atoms with van der Waals surface area (Å²) >= 11 is 1.42. The highest BCUT2D eigenvalue weighted by Crippen LogP contribution is 2.64. The molecule has 2 atom stereocenters. The van der Waals surface area contributed by atoms with Gasteiger partial charge in [-0.3, -0.25) is 9.78 Å². The Morgan fingerprint density at radius 1 is 1.56 bits per heavy atom. The number of thiazole rings is 1. The minimum Gasteiger partial charge on any atom is -0.481 e. The molecule has 1 saturated carbocycles. The van der Waals surface area contributed by atoms with Gasteiger partial charge in [0.1, 0.15) is 0 Å². The molecule has 0 aromatic carbocycles. The van der Waals surface area contributed by atoms with Gasteiger partial charge in [0.05, 0.1) is 22.2 Å². The van der Waals surface area contributed by atoms with E-state index in [1.54, 1.807) is 11.7 Å². The number of hydrogen-bond donors (Lipinski definition) is 1.